The Morgan fingerprint density at radius 3 is 2.66 bits per heavy atom. The molecular formula is C24H18ClFN2O4. The average Bonchev–Trinajstić information content (AvgIpc) is 2.80. The second-order valence-electron chi connectivity index (χ2n) is 6.89. The van der Waals surface area contributed by atoms with Crippen LogP contribution in [0.5, 0.6) is 17.2 Å². The van der Waals surface area contributed by atoms with E-state index in [0.717, 1.165) is 17.7 Å². The van der Waals surface area contributed by atoms with Crippen molar-refractivity contribution in [3.63, 3.8) is 0 Å². The summed E-state index contributed by atoms with van der Waals surface area (Å²) in [6.07, 6.45) is 1.51. The number of fused-ring (bicyclic) bond motifs is 1. The zero-order chi connectivity index (χ0) is 22.7. The van der Waals surface area contributed by atoms with Crippen molar-refractivity contribution in [2.75, 3.05) is 12.4 Å². The molecule has 2 N–H and O–H groups in total. The van der Waals surface area contributed by atoms with Crippen LogP contribution in [0.1, 0.15) is 15.9 Å². The SMILES string of the molecule is COc1cc2c(NC(=O)c3cc(O)c(Cl)cc3F)ccnc2cc1OCc1ccccc1. The Morgan fingerprint density at radius 2 is 1.91 bits per heavy atom. The molecule has 1 amide bonds. The number of phenolic OH excluding ortho intramolecular Hbond substituents is 1. The van der Waals surface area contributed by atoms with E-state index in [0.29, 0.717) is 34.7 Å². The van der Waals surface area contributed by atoms with Crippen molar-refractivity contribution in [1.82, 2.24) is 4.98 Å². The van der Waals surface area contributed by atoms with E-state index in [9.17, 15) is 14.3 Å². The fraction of sp³-hybridized carbons (Fsp3) is 0.0833. The molecule has 0 aliphatic heterocycles. The minimum atomic E-state index is -0.849. The van der Waals surface area contributed by atoms with E-state index in [2.05, 4.69) is 10.3 Å². The van der Waals surface area contributed by atoms with Crippen molar-refractivity contribution >= 4 is 34.1 Å². The summed E-state index contributed by atoms with van der Waals surface area (Å²) in [4.78, 5) is 17.0. The molecule has 8 heteroatoms. The average molecular weight is 453 g/mol. The number of anilines is 1. The molecule has 162 valence electrons. The molecule has 0 spiro atoms. The number of aromatic hydroxyl groups is 1. The van der Waals surface area contributed by atoms with Crippen molar-refractivity contribution in [1.29, 1.82) is 0 Å². The molecule has 0 aliphatic rings. The number of carbonyl (C=O) groups excluding carboxylic acids is 1. The molecule has 0 saturated carbocycles. The van der Waals surface area contributed by atoms with Crippen molar-refractivity contribution < 1.29 is 23.8 Å². The predicted octanol–water partition coefficient (Wildman–Crippen LogP) is 5.57. The normalized spacial score (nSPS) is 10.7. The smallest absolute Gasteiger partial charge is 0.258 e. The molecule has 4 rings (SSSR count). The second-order valence-corrected chi connectivity index (χ2v) is 7.30. The topological polar surface area (TPSA) is 80.7 Å². The van der Waals surface area contributed by atoms with Gasteiger partial charge in [-0.2, -0.15) is 0 Å². The summed E-state index contributed by atoms with van der Waals surface area (Å²) in [7, 11) is 1.51. The highest BCUT2D eigenvalue weighted by molar-refractivity contribution is 6.32. The molecule has 0 radical (unpaired) electrons. The van der Waals surface area contributed by atoms with Crippen molar-refractivity contribution in [2.45, 2.75) is 6.61 Å². The lowest BCUT2D eigenvalue weighted by molar-refractivity contribution is 0.102. The maximum absolute atomic E-state index is 14.2. The van der Waals surface area contributed by atoms with Gasteiger partial charge >= 0.3 is 0 Å². The maximum atomic E-state index is 14.2. The Morgan fingerprint density at radius 1 is 1.12 bits per heavy atom. The molecular weight excluding hydrogens is 435 g/mol. The molecule has 0 fully saturated rings. The predicted molar refractivity (Wildman–Crippen MR) is 120 cm³/mol. The molecule has 0 atom stereocenters. The van der Waals surface area contributed by atoms with Gasteiger partial charge in [0.15, 0.2) is 11.5 Å². The molecule has 6 nitrogen and oxygen atoms in total. The number of halogens is 2. The van der Waals surface area contributed by atoms with Crippen LogP contribution in [0.2, 0.25) is 5.02 Å². The zero-order valence-corrected chi connectivity index (χ0v) is 17.7. The molecule has 0 unspecified atom stereocenters. The van der Waals surface area contributed by atoms with E-state index in [4.69, 9.17) is 21.1 Å². The number of benzene rings is 3. The van der Waals surface area contributed by atoms with E-state index in [-0.39, 0.29) is 16.3 Å². The summed E-state index contributed by atoms with van der Waals surface area (Å²) in [5.74, 6) is -1.04. The van der Waals surface area contributed by atoms with Crippen LogP contribution in [-0.4, -0.2) is 23.1 Å². The van der Waals surface area contributed by atoms with Crippen LogP contribution in [0.25, 0.3) is 10.9 Å². The number of hydrogen-bond acceptors (Lipinski definition) is 5. The summed E-state index contributed by atoms with van der Waals surface area (Å²) in [5.41, 5.74) is 1.59. The second kappa shape index (κ2) is 9.11. The Hall–Kier alpha value is -3.84. The number of nitrogens with one attached hydrogen (secondary N) is 1. The first kappa shape index (κ1) is 21.4. The summed E-state index contributed by atoms with van der Waals surface area (Å²) >= 11 is 5.69. The quantitative estimate of drug-likeness (QED) is 0.399. The molecule has 1 heterocycles. The fourth-order valence-corrected chi connectivity index (χ4v) is 3.32. The zero-order valence-electron chi connectivity index (χ0n) is 16.9. The highest BCUT2D eigenvalue weighted by Crippen LogP contribution is 2.35. The van der Waals surface area contributed by atoms with Crippen molar-refractivity contribution in [3.8, 4) is 17.2 Å². The summed E-state index contributed by atoms with van der Waals surface area (Å²) in [5, 5.41) is 12.8. The van der Waals surface area contributed by atoms with Crippen LogP contribution >= 0.6 is 11.6 Å². The minimum Gasteiger partial charge on any atom is -0.506 e. The largest absolute Gasteiger partial charge is 0.506 e. The van der Waals surface area contributed by atoms with E-state index in [1.807, 2.05) is 30.3 Å². The third-order valence-corrected chi connectivity index (χ3v) is 5.10. The van der Waals surface area contributed by atoms with Gasteiger partial charge in [0.1, 0.15) is 18.2 Å². The number of hydrogen-bond donors (Lipinski definition) is 2. The van der Waals surface area contributed by atoms with Crippen LogP contribution in [0.4, 0.5) is 10.1 Å². The molecule has 32 heavy (non-hydrogen) atoms. The molecule has 0 bridgehead atoms. The third kappa shape index (κ3) is 4.43. The number of amides is 1. The van der Waals surface area contributed by atoms with Gasteiger partial charge in [0, 0.05) is 17.6 Å². The third-order valence-electron chi connectivity index (χ3n) is 4.79. The van der Waals surface area contributed by atoms with Crippen LogP contribution in [0, 0.1) is 5.82 Å². The van der Waals surface area contributed by atoms with Gasteiger partial charge in [-0.1, -0.05) is 41.9 Å². The molecule has 4 aromatic rings. The van der Waals surface area contributed by atoms with Gasteiger partial charge < -0.3 is 19.9 Å². The number of carbonyl (C=O) groups is 1. The lowest BCUT2D eigenvalue weighted by atomic mass is 10.1. The molecule has 0 aliphatic carbocycles. The molecule has 3 aromatic carbocycles. The lowest BCUT2D eigenvalue weighted by Crippen LogP contribution is -2.14. The van der Waals surface area contributed by atoms with Crippen LogP contribution in [0.3, 0.4) is 0 Å². The highest BCUT2D eigenvalue weighted by atomic mass is 35.5. The van der Waals surface area contributed by atoms with E-state index < -0.39 is 11.7 Å². The number of methoxy groups -OCH3 is 1. The van der Waals surface area contributed by atoms with Gasteiger partial charge in [-0.3, -0.25) is 9.78 Å². The lowest BCUT2D eigenvalue weighted by Gasteiger charge is -2.14. The van der Waals surface area contributed by atoms with E-state index >= 15 is 0 Å². The maximum Gasteiger partial charge on any atom is 0.258 e. The first-order valence-corrected chi connectivity index (χ1v) is 9.97. The monoisotopic (exact) mass is 452 g/mol. The van der Waals surface area contributed by atoms with Crippen molar-refractivity contribution in [2.24, 2.45) is 0 Å². The first-order valence-electron chi connectivity index (χ1n) is 9.59. The fourth-order valence-electron chi connectivity index (χ4n) is 3.17. The Kier molecular flexibility index (Phi) is 6.09. The van der Waals surface area contributed by atoms with E-state index in [1.54, 1.807) is 18.2 Å². The van der Waals surface area contributed by atoms with Crippen LogP contribution in [0.15, 0.2) is 66.9 Å². The number of rotatable bonds is 6. The first-order chi connectivity index (χ1) is 15.5. The summed E-state index contributed by atoms with van der Waals surface area (Å²) in [6.45, 7) is 0.346. The van der Waals surface area contributed by atoms with Gasteiger partial charge in [0.25, 0.3) is 5.91 Å². The van der Waals surface area contributed by atoms with Gasteiger partial charge in [-0.05, 0) is 29.8 Å². The van der Waals surface area contributed by atoms with Crippen LogP contribution < -0.4 is 14.8 Å². The highest BCUT2D eigenvalue weighted by Gasteiger charge is 2.17. The standard InChI is InChI=1S/C24H18ClFN2O4/c1-31-22-10-16-19(28-24(30)15-9-21(29)17(25)11-18(15)26)7-8-27-20(16)12-23(22)32-13-14-5-3-2-4-6-14/h2-12,29H,13H2,1H3,(H,27,28,30). The molecule has 1 aromatic heterocycles. The number of ether oxygens (including phenoxy) is 2. The number of nitrogens with zero attached hydrogens (tertiary/aromatic N) is 1. The number of aromatic nitrogens is 1. The summed E-state index contributed by atoms with van der Waals surface area (Å²) in [6, 6.07) is 16.5. The van der Waals surface area contributed by atoms with Crippen molar-refractivity contribution in [3.05, 3.63) is 88.8 Å². The van der Waals surface area contributed by atoms with Gasteiger partial charge in [-0.15, -0.1) is 0 Å². The van der Waals surface area contributed by atoms with Gasteiger partial charge in [0.2, 0.25) is 0 Å². The number of phenols is 1. The Labute approximate surface area is 188 Å². The Bertz CT molecular complexity index is 1300. The molecule has 0 saturated heterocycles. The van der Waals surface area contributed by atoms with Crippen LogP contribution in [-0.2, 0) is 6.61 Å². The minimum absolute atomic E-state index is 0.179. The van der Waals surface area contributed by atoms with Gasteiger partial charge in [-0.25, -0.2) is 4.39 Å². The van der Waals surface area contributed by atoms with Gasteiger partial charge in [0.05, 0.1) is 28.9 Å². The number of pyridine rings is 1. The Balaban J connectivity index is 1.64. The van der Waals surface area contributed by atoms with E-state index in [1.165, 1.54) is 13.3 Å². The summed E-state index contributed by atoms with van der Waals surface area (Å²) < 4.78 is 25.6.